The molecule has 1 aliphatic heterocycles. The molecule has 1 N–H and O–H groups in total. The molecule has 3 heteroatoms. The second-order valence-electron chi connectivity index (χ2n) is 4.61. The zero-order valence-corrected chi connectivity index (χ0v) is 9.75. The largest absolute Gasteiger partial charge is 0.309 e. The number of nitrogens with zero attached hydrogens (tertiary/aromatic N) is 1. The van der Waals surface area contributed by atoms with E-state index in [0.717, 1.165) is 18.7 Å². The van der Waals surface area contributed by atoms with Crippen LogP contribution in [0.4, 0.5) is 4.39 Å². The Labute approximate surface area is 96.5 Å². The maximum atomic E-state index is 12.7. The summed E-state index contributed by atoms with van der Waals surface area (Å²) in [5, 5.41) is 3.52. The quantitative estimate of drug-likeness (QED) is 0.841. The summed E-state index contributed by atoms with van der Waals surface area (Å²) in [6, 6.07) is 7.29. The first-order valence-corrected chi connectivity index (χ1v) is 5.90. The van der Waals surface area contributed by atoms with Crippen LogP contribution in [0.2, 0.25) is 0 Å². The fourth-order valence-corrected chi connectivity index (χ4v) is 2.20. The molecular weight excluding hydrogens is 203 g/mol. The highest BCUT2D eigenvalue weighted by atomic mass is 19.1. The van der Waals surface area contributed by atoms with Crippen molar-refractivity contribution in [3.63, 3.8) is 0 Å². The van der Waals surface area contributed by atoms with Crippen molar-refractivity contribution in [3.8, 4) is 0 Å². The number of piperidine rings is 1. The predicted octanol–water partition coefficient (Wildman–Crippen LogP) is 2.01. The van der Waals surface area contributed by atoms with Crippen LogP contribution in [-0.2, 0) is 6.54 Å². The van der Waals surface area contributed by atoms with E-state index in [-0.39, 0.29) is 5.82 Å². The summed E-state index contributed by atoms with van der Waals surface area (Å²) in [6.07, 6.45) is 2.50. The van der Waals surface area contributed by atoms with Gasteiger partial charge in [0, 0.05) is 19.1 Å². The molecule has 2 nitrogen and oxygen atoms in total. The number of benzene rings is 1. The molecule has 1 atom stereocenters. The van der Waals surface area contributed by atoms with E-state index in [9.17, 15) is 4.39 Å². The summed E-state index contributed by atoms with van der Waals surface area (Å²) in [5.41, 5.74) is 1.15. The van der Waals surface area contributed by atoms with Crippen molar-refractivity contribution < 1.29 is 4.39 Å². The highest BCUT2D eigenvalue weighted by Crippen LogP contribution is 2.09. The summed E-state index contributed by atoms with van der Waals surface area (Å²) >= 11 is 0. The standard InChI is InChI=1S/C13H19FN2/c1-16-8-2-3-13(10-16)15-9-11-4-6-12(14)7-5-11/h4-7,13,15H,2-3,8-10H2,1H3. The summed E-state index contributed by atoms with van der Waals surface area (Å²) in [6.45, 7) is 3.15. The van der Waals surface area contributed by atoms with Gasteiger partial charge in [0.15, 0.2) is 0 Å². The van der Waals surface area contributed by atoms with Gasteiger partial charge in [-0.15, -0.1) is 0 Å². The lowest BCUT2D eigenvalue weighted by Crippen LogP contribution is -2.43. The predicted molar refractivity (Wildman–Crippen MR) is 63.8 cm³/mol. The number of halogens is 1. The average molecular weight is 222 g/mol. The fraction of sp³-hybridized carbons (Fsp3) is 0.538. The van der Waals surface area contributed by atoms with Crippen LogP contribution in [0.1, 0.15) is 18.4 Å². The van der Waals surface area contributed by atoms with Crippen LogP contribution in [0.15, 0.2) is 24.3 Å². The molecule has 1 aromatic carbocycles. The minimum Gasteiger partial charge on any atom is -0.309 e. The van der Waals surface area contributed by atoms with E-state index in [1.54, 1.807) is 0 Å². The molecule has 0 saturated carbocycles. The summed E-state index contributed by atoms with van der Waals surface area (Å²) in [4.78, 5) is 2.35. The topological polar surface area (TPSA) is 15.3 Å². The molecule has 16 heavy (non-hydrogen) atoms. The van der Waals surface area contributed by atoms with Crippen LogP contribution in [0.3, 0.4) is 0 Å². The minimum absolute atomic E-state index is 0.166. The molecule has 0 spiro atoms. The molecule has 1 saturated heterocycles. The number of rotatable bonds is 3. The third-order valence-electron chi connectivity index (χ3n) is 3.13. The Kier molecular flexibility index (Phi) is 3.91. The van der Waals surface area contributed by atoms with Crippen molar-refractivity contribution in [1.82, 2.24) is 10.2 Å². The first-order valence-electron chi connectivity index (χ1n) is 5.90. The molecule has 1 heterocycles. The smallest absolute Gasteiger partial charge is 0.123 e. The average Bonchev–Trinajstić information content (AvgIpc) is 2.28. The zero-order valence-electron chi connectivity index (χ0n) is 9.75. The van der Waals surface area contributed by atoms with Gasteiger partial charge in [-0.2, -0.15) is 0 Å². The Balaban J connectivity index is 1.80. The Morgan fingerprint density at radius 2 is 2.12 bits per heavy atom. The van der Waals surface area contributed by atoms with Gasteiger partial charge in [-0.05, 0) is 44.1 Å². The van der Waals surface area contributed by atoms with E-state index in [4.69, 9.17) is 0 Å². The Bertz CT molecular complexity index is 323. The monoisotopic (exact) mass is 222 g/mol. The summed E-state index contributed by atoms with van der Waals surface area (Å²) < 4.78 is 12.7. The zero-order chi connectivity index (χ0) is 11.4. The molecule has 0 aromatic heterocycles. The van der Waals surface area contributed by atoms with Crippen molar-refractivity contribution in [2.24, 2.45) is 0 Å². The van der Waals surface area contributed by atoms with Gasteiger partial charge in [-0.3, -0.25) is 0 Å². The highest BCUT2D eigenvalue weighted by molar-refractivity contribution is 5.15. The van der Waals surface area contributed by atoms with Gasteiger partial charge < -0.3 is 10.2 Å². The molecule has 88 valence electrons. The van der Waals surface area contributed by atoms with Gasteiger partial charge >= 0.3 is 0 Å². The number of likely N-dealkylation sites (N-methyl/N-ethyl adjacent to an activating group) is 1. The Morgan fingerprint density at radius 1 is 1.38 bits per heavy atom. The first-order chi connectivity index (χ1) is 7.74. The van der Waals surface area contributed by atoms with Crippen LogP contribution in [0.25, 0.3) is 0 Å². The lowest BCUT2D eigenvalue weighted by atomic mass is 10.1. The van der Waals surface area contributed by atoms with Crippen molar-refractivity contribution in [3.05, 3.63) is 35.6 Å². The van der Waals surface area contributed by atoms with E-state index in [1.165, 1.54) is 31.5 Å². The van der Waals surface area contributed by atoms with E-state index in [1.807, 2.05) is 12.1 Å². The van der Waals surface area contributed by atoms with Crippen molar-refractivity contribution in [1.29, 1.82) is 0 Å². The van der Waals surface area contributed by atoms with Crippen LogP contribution in [0, 0.1) is 5.82 Å². The molecule has 1 unspecified atom stereocenters. The highest BCUT2D eigenvalue weighted by Gasteiger charge is 2.15. The lowest BCUT2D eigenvalue weighted by molar-refractivity contribution is 0.226. The minimum atomic E-state index is -0.166. The maximum absolute atomic E-state index is 12.7. The first kappa shape index (κ1) is 11.6. The second-order valence-corrected chi connectivity index (χ2v) is 4.61. The van der Waals surface area contributed by atoms with Gasteiger partial charge in [0.25, 0.3) is 0 Å². The third-order valence-corrected chi connectivity index (χ3v) is 3.13. The van der Waals surface area contributed by atoms with Crippen molar-refractivity contribution >= 4 is 0 Å². The van der Waals surface area contributed by atoms with Crippen LogP contribution in [-0.4, -0.2) is 31.1 Å². The molecule has 0 amide bonds. The number of hydrogen-bond acceptors (Lipinski definition) is 2. The third kappa shape index (κ3) is 3.29. The van der Waals surface area contributed by atoms with Crippen molar-refractivity contribution in [2.75, 3.05) is 20.1 Å². The van der Waals surface area contributed by atoms with Gasteiger partial charge in [0.05, 0.1) is 0 Å². The lowest BCUT2D eigenvalue weighted by Gasteiger charge is -2.30. The maximum Gasteiger partial charge on any atom is 0.123 e. The molecule has 1 aliphatic rings. The van der Waals surface area contributed by atoms with Crippen LogP contribution in [0.5, 0.6) is 0 Å². The molecule has 2 rings (SSSR count). The van der Waals surface area contributed by atoms with E-state index < -0.39 is 0 Å². The van der Waals surface area contributed by atoms with Crippen molar-refractivity contribution in [2.45, 2.75) is 25.4 Å². The van der Waals surface area contributed by atoms with E-state index >= 15 is 0 Å². The van der Waals surface area contributed by atoms with E-state index in [2.05, 4.69) is 17.3 Å². The number of nitrogens with one attached hydrogen (secondary N) is 1. The van der Waals surface area contributed by atoms with Crippen LogP contribution >= 0.6 is 0 Å². The SMILES string of the molecule is CN1CCCC(NCc2ccc(F)cc2)C1. The number of likely N-dealkylation sites (tertiary alicyclic amines) is 1. The molecule has 0 bridgehead atoms. The summed E-state index contributed by atoms with van der Waals surface area (Å²) in [5.74, 6) is -0.166. The molecule has 1 aromatic rings. The van der Waals surface area contributed by atoms with Gasteiger partial charge in [0.1, 0.15) is 5.82 Å². The molecule has 0 radical (unpaired) electrons. The Hall–Kier alpha value is -0.930. The van der Waals surface area contributed by atoms with Gasteiger partial charge in [0.2, 0.25) is 0 Å². The fourth-order valence-electron chi connectivity index (χ4n) is 2.20. The van der Waals surface area contributed by atoms with Gasteiger partial charge in [-0.1, -0.05) is 12.1 Å². The number of hydrogen-bond donors (Lipinski definition) is 1. The second kappa shape index (κ2) is 5.41. The van der Waals surface area contributed by atoms with Crippen LogP contribution < -0.4 is 5.32 Å². The Morgan fingerprint density at radius 3 is 2.81 bits per heavy atom. The normalized spacial score (nSPS) is 22.2. The van der Waals surface area contributed by atoms with Gasteiger partial charge in [-0.25, -0.2) is 4.39 Å². The van der Waals surface area contributed by atoms with E-state index in [0.29, 0.717) is 6.04 Å². The molecular formula is C13H19FN2. The summed E-state index contributed by atoms with van der Waals surface area (Å²) in [7, 11) is 2.16. The molecule has 1 fully saturated rings. The molecule has 0 aliphatic carbocycles.